The molecule has 1 atom stereocenters. The van der Waals surface area contributed by atoms with Crippen molar-refractivity contribution in [3.63, 3.8) is 0 Å². The van der Waals surface area contributed by atoms with Gasteiger partial charge in [-0.05, 0) is 36.9 Å². The van der Waals surface area contributed by atoms with E-state index in [1.807, 2.05) is 19.2 Å². The van der Waals surface area contributed by atoms with Gasteiger partial charge in [-0.3, -0.25) is 0 Å². The van der Waals surface area contributed by atoms with Crippen LogP contribution in [-0.4, -0.2) is 30.8 Å². The first-order valence-electron chi connectivity index (χ1n) is 8.59. The highest BCUT2D eigenvalue weighted by atomic mass is 32.2. The summed E-state index contributed by atoms with van der Waals surface area (Å²) in [5.41, 5.74) is 9.02. The summed E-state index contributed by atoms with van der Waals surface area (Å²) in [6, 6.07) is 9.91. The summed E-state index contributed by atoms with van der Waals surface area (Å²) in [7, 11) is 0. The van der Waals surface area contributed by atoms with Crippen LogP contribution in [0.1, 0.15) is 18.5 Å². The number of hydrogen-bond acceptors (Lipinski definition) is 7. The molecule has 0 amide bonds. The van der Waals surface area contributed by atoms with Crippen LogP contribution in [0.3, 0.4) is 0 Å². The van der Waals surface area contributed by atoms with E-state index in [9.17, 15) is 4.39 Å². The molecule has 3 N–H and O–H groups in total. The lowest BCUT2D eigenvalue weighted by Gasteiger charge is -2.16. The van der Waals surface area contributed by atoms with Gasteiger partial charge in [-0.1, -0.05) is 23.9 Å². The molecule has 28 heavy (non-hydrogen) atoms. The van der Waals surface area contributed by atoms with Crippen molar-refractivity contribution < 1.29 is 4.39 Å². The quantitative estimate of drug-likeness (QED) is 0.392. The van der Waals surface area contributed by atoms with E-state index in [0.29, 0.717) is 33.7 Å². The second kappa shape index (κ2) is 7.43. The van der Waals surface area contributed by atoms with Crippen LogP contribution in [-0.2, 0) is 0 Å². The highest BCUT2D eigenvalue weighted by Gasteiger charge is 2.17. The SMILES string of the molecule is CSc1nc(N[C@@H](C)c2ccc(F)cc2)cc(-c2c(N)nn3cccnc23)n1. The van der Waals surface area contributed by atoms with Gasteiger partial charge in [0.2, 0.25) is 0 Å². The maximum absolute atomic E-state index is 13.2. The van der Waals surface area contributed by atoms with Gasteiger partial charge in [0, 0.05) is 24.5 Å². The Balaban J connectivity index is 1.74. The molecule has 1 aromatic carbocycles. The zero-order chi connectivity index (χ0) is 19.7. The number of nitrogens with zero attached hydrogens (tertiary/aromatic N) is 5. The minimum absolute atomic E-state index is 0.0718. The van der Waals surface area contributed by atoms with Crippen LogP contribution in [0.4, 0.5) is 16.0 Å². The lowest BCUT2D eigenvalue weighted by Crippen LogP contribution is -2.09. The Kier molecular flexibility index (Phi) is 4.82. The molecule has 4 aromatic rings. The van der Waals surface area contributed by atoms with Gasteiger partial charge in [0.05, 0.1) is 11.3 Å². The topological polar surface area (TPSA) is 94.0 Å². The maximum atomic E-state index is 13.2. The van der Waals surface area contributed by atoms with Crippen molar-refractivity contribution in [2.75, 3.05) is 17.3 Å². The Morgan fingerprint density at radius 1 is 1.21 bits per heavy atom. The smallest absolute Gasteiger partial charge is 0.189 e. The highest BCUT2D eigenvalue weighted by Crippen LogP contribution is 2.31. The van der Waals surface area contributed by atoms with Gasteiger partial charge < -0.3 is 11.1 Å². The first kappa shape index (κ1) is 18.2. The zero-order valence-electron chi connectivity index (χ0n) is 15.3. The standard InChI is InChI=1S/C19H18FN7S/c1-11(12-4-6-13(20)7-5-12)23-15-10-14(24-19(25-15)28-2)16-17(21)26-27-9-3-8-22-18(16)27/h3-11H,1-2H3,(H2,21,26)(H,23,24,25)/t11-/m0/s1. The van der Waals surface area contributed by atoms with E-state index in [4.69, 9.17) is 5.73 Å². The van der Waals surface area contributed by atoms with Crippen LogP contribution in [0.15, 0.2) is 53.9 Å². The fourth-order valence-corrected chi connectivity index (χ4v) is 3.30. The summed E-state index contributed by atoms with van der Waals surface area (Å²) >= 11 is 1.43. The Morgan fingerprint density at radius 3 is 2.75 bits per heavy atom. The zero-order valence-corrected chi connectivity index (χ0v) is 16.1. The molecule has 0 aliphatic heterocycles. The van der Waals surface area contributed by atoms with Crippen LogP contribution < -0.4 is 11.1 Å². The number of thioether (sulfide) groups is 1. The molecule has 3 aromatic heterocycles. The number of benzene rings is 1. The first-order valence-corrected chi connectivity index (χ1v) is 9.82. The summed E-state index contributed by atoms with van der Waals surface area (Å²) in [6.07, 6.45) is 5.38. The molecule has 142 valence electrons. The molecular weight excluding hydrogens is 377 g/mol. The number of hydrogen-bond donors (Lipinski definition) is 2. The maximum Gasteiger partial charge on any atom is 0.189 e. The van der Waals surface area contributed by atoms with Crippen LogP contribution >= 0.6 is 11.8 Å². The van der Waals surface area contributed by atoms with E-state index < -0.39 is 0 Å². The average Bonchev–Trinajstić information content (AvgIpc) is 3.03. The summed E-state index contributed by atoms with van der Waals surface area (Å²) in [4.78, 5) is 13.5. The number of rotatable bonds is 5. The normalized spacial score (nSPS) is 12.2. The number of nitrogens with one attached hydrogen (secondary N) is 1. The molecule has 0 aliphatic carbocycles. The van der Waals surface area contributed by atoms with E-state index in [1.54, 1.807) is 35.1 Å². The minimum Gasteiger partial charge on any atom is -0.382 e. The molecule has 7 nitrogen and oxygen atoms in total. The molecule has 0 aliphatic rings. The Labute approximate surface area is 165 Å². The molecule has 0 spiro atoms. The Morgan fingerprint density at radius 2 is 2.00 bits per heavy atom. The van der Waals surface area contributed by atoms with Crippen molar-refractivity contribution in [3.8, 4) is 11.3 Å². The van der Waals surface area contributed by atoms with Crippen LogP contribution in [0.5, 0.6) is 0 Å². The van der Waals surface area contributed by atoms with E-state index in [0.717, 1.165) is 5.56 Å². The lowest BCUT2D eigenvalue weighted by atomic mass is 10.1. The third-order valence-electron chi connectivity index (χ3n) is 4.30. The third-order valence-corrected chi connectivity index (χ3v) is 4.85. The van der Waals surface area contributed by atoms with Crippen molar-refractivity contribution in [3.05, 3.63) is 60.2 Å². The molecule has 0 fully saturated rings. The largest absolute Gasteiger partial charge is 0.382 e. The van der Waals surface area contributed by atoms with Crippen molar-refractivity contribution in [2.45, 2.75) is 18.1 Å². The molecule has 9 heteroatoms. The van der Waals surface area contributed by atoms with Gasteiger partial charge >= 0.3 is 0 Å². The van der Waals surface area contributed by atoms with Crippen molar-refractivity contribution in [1.29, 1.82) is 0 Å². The molecule has 0 saturated carbocycles. The van der Waals surface area contributed by atoms with E-state index in [1.165, 1.54) is 23.9 Å². The number of halogens is 1. The summed E-state index contributed by atoms with van der Waals surface area (Å²) < 4.78 is 14.8. The van der Waals surface area contributed by atoms with Gasteiger partial charge in [0.25, 0.3) is 0 Å². The fraction of sp³-hybridized carbons (Fsp3) is 0.158. The average molecular weight is 395 g/mol. The fourth-order valence-electron chi connectivity index (χ4n) is 2.92. The van der Waals surface area contributed by atoms with Gasteiger partial charge in [-0.2, -0.15) is 0 Å². The predicted octanol–water partition coefficient (Wildman–Crippen LogP) is 3.80. The van der Waals surface area contributed by atoms with Gasteiger partial charge in [0.1, 0.15) is 11.6 Å². The number of fused-ring (bicyclic) bond motifs is 1. The number of nitrogen functional groups attached to an aromatic ring is 1. The third kappa shape index (κ3) is 3.48. The van der Waals surface area contributed by atoms with Crippen molar-refractivity contribution >= 4 is 29.0 Å². The van der Waals surface area contributed by atoms with Crippen molar-refractivity contribution in [2.24, 2.45) is 0 Å². The first-order chi connectivity index (χ1) is 13.5. The van der Waals surface area contributed by atoms with Gasteiger partial charge in [-0.15, -0.1) is 5.10 Å². The molecular formula is C19H18FN7S. The van der Waals surface area contributed by atoms with Crippen molar-refractivity contribution in [1.82, 2.24) is 24.6 Å². The molecule has 0 radical (unpaired) electrons. The van der Waals surface area contributed by atoms with Crippen LogP contribution in [0.25, 0.3) is 16.9 Å². The van der Waals surface area contributed by atoms with Gasteiger partial charge in [-0.25, -0.2) is 23.9 Å². The van der Waals surface area contributed by atoms with E-state index >= 15 is 0 Å². The number of aromatic nitrogens is 5. The lowest BCUT2D eigenvalue weighted by molar-refractivity contribution is 0.626. The summed E-state index contributed by atoms with van der Waals surface area (Å²) in [6.45, 7) is 1.99. The summed E-state index contributed by atoms with van der Waals surface area (Å²) in [5.74, 6) is 0.726. The Bertz CT molecular complexity index is 1130. The molecule has 0 saturated heterocycles. The molecule has 3 heterocycles. The number of nitrogens with two attached hydrogens (primary N) is 1. The predicted molar refractivity (Wildman–Crippen MR) is 109 cm³/mol. The Hall–Kier alpha value is -3.20. The minimum atomic E-state index is -0.263. The number of anilines is 2. The highest BCUT2D eigenvalue weighted by molar-refractivity contribution is 7.98. The van der Waals surface area contributed by atoms with Crippen LogP contribution in [0, 0.1) is 5.82 Å². The van der Waals surface area contributed by atoms with E-state index in [-0.39, 0.29) is 11.9 Å². The monoisotopic (exact) mass is 395 g/mol. The second-order valence-corrected chi connectivity index (χ2v) is 6.96. The van der Waals surface area contributed by atoms with Crippen LogP contribution in [0.2, 0.25) is 0 Å². The van der Waals surface area contributed by atoms with Gasteiger partial charge in [0.15, 0.2) is 16.6 Å². The molecule has 0 bridgehead atoms. The second-order valence-electron chi connectivity index (χ2n) is 6.19. The molecule has 0 unspecified atom stereocenters. The summed E-state index contributed by atoms with van der Waals surface area (Å²) in [5, 5.41) is 8.25. The van der Waals surface area contributed by atoms with E-state index in [2.05, 4.69) is 25.4 Å². The molecule has 4 rings (SSSR count).